The number of benzene rings is 2. The van der Waals surface area contributed by atoms with Crippen LogP contribution in [0.5, 0.6) is 0 Å². The Hall–Kier alpha value is -3.28. The third kappa shape index (κ3) is 4.93. The van der Waals surface area contributed by atoms with E-state index in [4.69, 9.17) is 9.84 Å². The van der Waals surface area contributed by atoms with Crippen molar-refractivity contribution < 1.29 is 19.1 Å². The molecule has 4 aliphatic carbocycles. The van der Waals surface area contributed by atoms with Crippen LogP contribution in [-0.2, 0) is 9.53 Å². The van der Waals surface area contributed by atoms with E-state index < -0.39 is 0 Å². The third-order valence-corrected chi connectivity index (χ3v) is 11.4. The Morgan fingerprint density at radius 1 is 0.829 bits per heavy atom. The number of amides is 1. The van der Waals surface area contributed by atoms with Crippen LogP contribution in [-0.4, -0.2) is 29.5 Å². The number of fused-ring (bicyclic) bond motifs is 5. The quantitative estimate of drug-likeness (QED) is 0.249. The SMILES string of the molecule is CC(=O)O[C@H]1CC[C@@]2(C)[C@@H](CC[C@@H]3[C@@H]2CC[C@]2(C)/C(=N/NC(=O)c4ccccc4)C(C(=O)c4ccccc4)C[C@@H]32)C1. The van der Waals surface area contributed by atoms with E-state index in [1.54, 1.807) is 12.1 Å². The largest absolute Gasteiger partial charge is 0.463 e. The molecule has 6 nitrogen and oxygen atoms in total. The highest BCUT2D eigenvalue weighted by molar-refractivity contribution is 6.15. The van der Waals surface area contributed by atoms with Crippen molar-refractivity contribution in [1.82, 2.24) is 5.43 Å². The molecule has 2 aromatic rings. The van der Waals surface area contributed by atoms with E-state index in [2.05, 4.69) is 19.3 Å². The zero-order chi connectivity index (χ0) is 28.8. The van der Waals surface area contributed by atoms with Crippen molar-refractivity contribution in [1.29, 1.82) is 0 Å². The van der Waals surface area contributed by atoms with Gasteiger partial charge in [0.25, 0.3) is 5.91 Å². The first-order valence-corrected chi connectivity index (χ1v) is 15.4. The Balaban J connectivity index is 1.30. The van der Waals surface area contributed by atoms with Gasteiger partial charge in [0.15, 0.2) is 5.78 Å². The summed E-state index contributed by atoms with van der Waals surface area (Å²) in [6.07, 6.45) is 8.14. The van der Waals surface area contributed by atoms with E-state index in [0.717, 1.165) is 57.1 Å². The van der Waals surface area contributed by atoms with Crippen LogP contribution in [0, 0.1) is 40.4 Å². The van der Waals surface area contributed by atoms with E-state index in [1.807, 2.05) is 48.5 Å². The lowest BCUT2D eigenvalue weighted by Crippen LogP contribution is -2.54. The van der Waals surface area contributed by atoms with E-state index in [9.17, 15) is 14.4 Å². The minimum Gasteiger partial charge on any atom is -0.463 e. The predicted octanol–water partition coefficient (Wildman–Crippen LogP) is 6.86. The molecule has 6 heteroatoms. The second-order valence-corrected chi connectivity index (χ2v) is 13.4. The summed E-state index contributed by atoms with van der Waals surface area (Å²) in [5, 5.41) is 4.81. The summed E-state index contributed by atoms with van der Waals surface area (Å²) in [5.41, 5.74) is 4.94. The lowest BCUT2D eigenvalue weighted by molar-refractivity contribution is -0.158. The summed E-state index contributed by atoms with van der Waals surface area (Å²) in [6.45, 7) is 6.30. The lowest BCUT2D eigenvalue weighted by Gasteiger charge is -2.60. The zero-order valence-corrected chi connectivity index (χ0v) is 24.5. The van der Waals surface area contributed by atoms with E-state index in [0.29, 0.717) is 34.8 Å². The first-order chi connectivity index (χ1) is 19.7. The molecule has 4 aliphatic rings. The van der Waals surface area contributed by atoms with Crippen LogP contribution < -0.4 is 5.43 Å². The first kappa shape index (κ1) is 27.9. The highest BCUT2D eigenvalue weighted by atomic mass is 16.5. The molecule has 2 aromatic carbocycles. The van der Waals surface area contributed by atoms with Crippen molar-refractivity contribution in [3.63, 3.8) is 0 Å². The number of carbonyl (C=O) groups is 3. The molecule has 4 fully saturated rings. The summed E-state index contributed by atoms with van der Waals surface area (Å²) < 4.78 is 5.65. The number of ketones is 1. The van der Waals surface area contributed by atoms with Crippen LogP contribution in [0.1, 0.15) is 92.9 Å². The molecule has 1 N–H and O–H groups in total. The number of esters is 1. The third-order valence-electron chi connectivity index (χ3n) is 11.4. The number of nitrogens with zero attached hydrogens (tertiary/aromatic N) is 1. The first-order valence-electron chi connectivity index (χ1n) is 15.4. The number of ether oxygens (including phenoxy) is 1. The number of hydrogen-bond acceptors (Lipinski definition) is 5. The van der Waals surface area contributed by atoms with Crippen molar-refractivity contribution in [2.45, 2.75) is 78.2 Å². The van der Waals surface area contributed by atoms with Crippen LogP contribution in [0.15, 0.2) is 65.8 Å². The van der Waals surface area contributed by atoms with Gasteiger partial charge in [-0.3, -0.25) is 14.4 Å². The van der Waals surface area contributed by atoms with Gasteiger partial charge >= 0.3 is 5.97 Å². The minimum absolute atomic E-state index is 0.0438. The molecule has 0 aliphatic heterocycles. The fraction of sp³-hybridized carbons (Fsp3) is 0.543. The van der Waals surface area contributed by atoms with Crippen molar-refractivity contribution in [3.8, 4) is 0 Å². The van der Waals surface area contributed by atoms with Crippen LogP contribution in [0.4, 0.5) is 0 Å². The standard InChI is InChI=1S/C35H42N2O4/c1-22(38)41-26-16-18-34(2)25(20-26)14-15-27-29(34)17-19-35(3)30(27)21-28(31(39)23-10-6-4-7-11-23)32(35)36-37-33(40)24-12-8-5-9-13-24/h4-13,25-30H,14-21H2,1-3H3,(H,37,40)/b36-32+/t25-,26-,27+,28?,29-,30-,34-,35-/m0/s1. The summed E-state index contributed by atoms with van der Waals surface area (Å²) in [6, 6.07) is 18.7. The fourth-order valence-electron chi connectivity index (χ4n) is 9.40. The molecule has 0 saturated heterocycles. The molecule has 1 unspecified atom stereocenters. The van der Waals surface area contributed by atoms with Gasteiger partial charge in [-0.25, -0.2) is 5.43 Å². The molecule has 1 amide bonds. The van der Waals surface area contributed by atoms with Crippen molar-refractivity contribution in [2.75, 3.05) is 0 Å². The molecule has 0 aromatic heterocycles. The van der Waals surface area contributed by atoms with Crippen LogP contribution in [0.3, 0.4) is 0 Å². The molecule has 4 saturated carbocycles. The van der Waals surface area contributed by atoms with E-state index in [-0.39, 0.29) is 40.5 Å². The number of carbonyl (C=O) groups excluding carboxylic acids is 3. The van der Waals surface area contributed by atoms with Gasteiger partial charge in [-0.15, -0.1) is 0 Å². The molecule has 0 heterocycles. The normalized spacial score (nSPS) is 36.9. The average Bonchev–Trinajstić information content (AvgIpc) is 3.28. The number of Topliss-reactive ketones (excluding diaryl/α,β-unsaturated/α-hetero) is 1. The Labute approximate surface area is 243 Å². The van der Waals surface area contributed by atoms with Gasteiger partial charge in [0.1, 0.15) is 6.10 Å². The van der Waals surface area contributed by atoms with Crippen LogP contribution in [0.2, 0.25) is 0 Å². The molecule has 8 atom stereocenters. The number of rotatable bonds is 5. The summed E-state index contributed by atoms with van der Waals surface area (Å²) in [4.78, 5) is 38.6. The Morgan fingerprint density at radius 3 is 2.20 bits per heavy atom. The Kier molecular flexibility index (Phi) is 7.37. The van der Waals surface area contributed by atoms with Crippen molar-refractivity contribution in [3.05, 3.63) is 71.8 Å². The Bertz CT molecular complexity index is 1340. The van der Waals surface area contributed by atoms with Gasteiger partial charge in [-0.2, -0.15) is 5.10 Å². The molecule has 0 radical (unpaired) electrons. The minimum atomic E-state index is -0.340. The number of hydrazone groups is 1. The van der Waals surface area contributed by atoms with Gasteiger partial charge in [-0.1, -0.05) is 62.4 Å². The smallest absolute Gasteiger partial charge is 0.302 e. The second kappa shape index (κ2) is 10.8. The van der Waals surface area contributed by atoms with Crippen LogP contribution >= 0.6 is 0 Å². The van der Waals surface area contributed by atoms with E-state index >= 15 is 0 Å². The highest BCUT2D eigenvalue weighted by Gasteiger charge is 2.62. The maximum atomic E-state index is 14.0. The molecule has 216 valence electrons. The molecule has 0 bridgehead atoms. The van der Waals surface area contributed by atoms with E-state index in [1.165, 1.54) is 6.92 Å². The number of nitrogens with one attached hydrogen (secondary N) is 1. The monoisotopic (exact) mass is 554 g/mol. The molecule has 0 spiro atoms. The maximum Gasteiger partial charge on any atom is 0.302 e. The fourth-order valence-corrected chi connectivity index (χ4v) is 9.40. The van der Waals surface area contributed by atoms with Gasteiger partial charge in [-0.05, 0) is 92.6 Å². The topological polar surface area (TPSA) is 84.8 Å². The summed E-state index contributed by atoms with van der Waals surface area (Å²) >= 11 is 0. The summed E-state index contributed by atoms with van der Waals surface area (Å²) in [5.74, 6) is 1.35. The highest BCUT2D eigenvalue weighted by Crippen LogP contribution is 2.66. The lowest BCUT2D eigenvalue weighted by atomic mass is 9.45. The number of hydrogen-bond donors (Lipinski definition) is 1. The van der Waals surface area contributed by atoms with Crippen molar-refractivity contribution >= 4 is 23.4 Å². The van der Waals surface area contributed by atoms with Gasteiger partial charge in [0, 0.05) is 23.5 Å². The molecule has 41 heavy (non-hydrogen) atoms. The Morgan fingerprint density at radius 2 is 1.51 bits per heavy atom. The van der Waals surface area contributed by atoms with Gasteiger partial charge in [0.05, 0.1) is 11.6 Å². The summed E-state index contributed by atoms with van der Waals surface area (Å²) in [7, 11) is 0. The molecule has 6 rings (SSSR count). The average molecular weight is 555 g/mol. The van der Waals surface area contributed by atoms with Crippen molar-refractivity contribution in [2.24, 2.45) is 45.5 Å². The second-order valence-electron chi connectivity index (χ2n) is 13.4. The maximum absolute atomic E-state index is 14.0. The van der Waals surface area contributed by atoms with Crippen LogP contribution in [0.25, 0.3) is 0 Å². The zero-order valence-electron chi connectivity index (χ0n) is 24.5. The van der Waals surface area contributed by atoms with Gasteiger partial charge < -0.3 is 4.74 Å². The molecular weight excluding hydrogens is 512 g/mol. The predicted molar refractivity (Wildman–Crippen MR) is 158 cm³/mol. The van der Waals surface area contributed by atoms with Gasteiger partial charge in [0.2, 0.25) is 0 Å². The molecular formula is C35H42N2O4.